The first-order valence-electron chi connectivity index (χ1n) is 17.7. The van der Waals surface area contributed by atoms with Crippen molar-refractivity contribution in [3.63, 3.8) is 0 Å². The van der Waals surface area contributed by atoms with E-state index in [2.05, 4.69) is 15.2 Å². The molecule has 1 amide bonds. The minimum Gasteiger partial charge on any atom is -0.509 e. The number of anilines is 1. The van der Waals surface area contributed by atoms with E-state index in [0.717, 1.165) is 31.2 Å². The highest BCUT2D eigenvalue weighted by Crippen LogP contribution is 2.48. The maximum Gasteiger partial charge on any atom is 0.433 e. The third kappa shape index (κ3) is 7.17. The molecule has 7 rings (SSSR count). The normalized spacial score (nSPS) is 22.9. The molecule has 9 nitrogen and oxygen atoms in total. The number of halogens is 8. The number of hydrogen-bond donors (Lipinski definition) is 2. The molecule has 2 bridgehead atoms. The van der Waals surface area contributed by atoms with Crippen LogP contribution in [0.15, 0.2) is 60.0 Å². The van der Waals surface area contributed by atoms with E-state index in [0.29, 0.717) is 44.4 Å². The maximum absolute atomic E-state index is 15.6. The summed E-state index contributed by atoms with van der Waals surface area (Å²) in [5, 5.41) is 13.8. The van der Waals surface area contributed by atoms with Gasteiger partial charge in [0, 0.05) is 36.1 Å². The standard InChI is InChI=1S/C38H36F8N4O5/c1-49-27(15-21-3-8-28(32(40)31(21)39)55-14-13-50-23-5-6-24(50)19-54-18-23)33(51)30(34(52)36(49)10-2-11-36)35(53)48-26-7-4-22(37(41,42)43)17-25(26)20-9-12-47-29(16-20)38(44,45)46/h3-4,7-9,12,16-17,23-24,27,52H,2,5-6,10-11,13-15,18-19H2,1H3,(H,48,53). The Morgan fingerprint density at radius 1 is 1.00 bits per heavy atom. The number of Topliss-reactive ketones (excluding diaryl/α,β-unsaturated/α-hetero) is 1. The molecular formula is C38H36F8N4O5. The van der Waals surface area contributed by atoms with Crippen LogP contribution in [0.1, 0.15) is 48.9 Å². The van der Waals surface area contributed by atoms with Crippen LogP contribution < -0.4 is 10.1 Å². The number of aliphatic hydroxyl groups excluding tert-OH is 1. The molecule has 2 N–H and O–H groups in total. The second-order valence-electron chi connectivity index (χ2n) is 14.3. The summed E-state index contributed by atoms with van der Waals surface area (Å²) in [4.78, 5) is 34.9. The van der Waals surface area contributed by atoms with Crippen molar-refractivity contribution in [2.45, 2.75) is 74.5 Å². The molecule has 3 atom stereocenters. The van der Waals surface area contributed by atoms with E-state index in [-0.39, 0.29) is 48.4 Å². The van der Waals surface area contributed by atoms with Crippen LogP contribution in [-0.2, 0) is 33.1 Å². The quantitative estimate of drug-likeness (QED) is 0.175. The Hall–Kier alpha value is -4.61. The summed E-state index contributed by atoms with van der Waals surface area (Å²) in [6.07, 6.45) is -6.40. The van der Waals surface area contributed by atoms with E-state index in [1.165, 1.54) is 24.1 Å². The number of carbonyl (C=O) groups excluding carboxylic acids is 2. The second kappa shape index (κ2) is 14.5. The van der Waals surface area contributed by atoms with Gasteiger partial charge in [-0.05, 0) is 93.1 Å². The number of aliphatic hydroxyl groups is 1. The number of alkyl halides is 6. The molecule has 3 aliphatic heterocycles. The van der Waals surface area contributed by atoms with E-state index in [1.54, 1.807) is 0 Å². The van der Waals surface area contributed by atoms with Crippen LogP contribution in [-0.4, -0.2) is 88.7 Å². The van der Waals surface area contributed by atoms with Crippen molar-refractivity contribution in [3.05, 3.63) is 88.4 Å². The lowest BCUT2D eigenvalue weighted by molar-refractivity contribution is -0.141. The van der Waals surface area contributed by atoms with E-state index < -0.39 is 87.5 Å². The Labute approximate surface area is 309 Å². The zero-order valence-electron chi connectivity index (χ0n) is 29.4. The van der Waals surface area contributed by atoms with Crippen LogP contribution in [0.5, 0.6) is 5.75 Å². The molecule has 2 aromatic carbocycles. The molecule has 294 valence electrons. The van der Waals surface area contributed by atoms with Gasteiger partial charge in [-0.25, -0.2) is 4.39 Å². The van der Waals surface area contributed by atoms with Crippen molar-refractivity contribution < 1.29 is 59.3 Å². The van der Waals surface area contributed by atoms with Crippen LogP contribution in [0.25, 0.3) is 11.1 Å². The van der Waals surface area contributed by atoms with Gasteiger partial charge in [0.15, 0.2) is 17.3 Å². The van der Waals surface area contributed by atoms with Gasteiger partial charge in [-0.1, -0.05) is 6.07 Å². The minimum absolute atomic E-state index is 0.100. The number of benzene rings is 2. The van der Waals surface area contributed by atoms with Crippen molar-refractivity contribution >= 4 is 17.4 Å². The second-order valence-corrected chi connectivity index (χ2v) is 14.3. The van der Waals surface area contributed by atoms with Gasteiger partial charge in [0.05, 0.1) is 30.4 Å². The number of fused-ring (bicyclic) bond motifs is 2. The number of likely N-dealkylation sites (N-methyl/N-ethyl adjacent to an activating group) is 1. The molecule has 55 heavy (non-hydrogen) atoms. The number of nitrogens with one attached hydrogen (secondary N) is 1. The highest BCUT2D eigenvalue weighted by Gasteiger charge is 2.55. The number of aromatic nitrogens is 1. The first-order chi connectivity index (χ1) is 26.0. The highest BCUT2D eigenvalue weighted by molar-refractivity contribution is 6.26. The van der Waals surface area contributed by atoms with E-state index >= 15 is 8.78 Å². The predicted octanol–water partition coefficient (Wildman–Crippen LogP) is 7.11. The average Bonchev–Trinajstić information content (AvgIpc) is 3.32. The van der Waals surface area contributed by atoms with Gasteiger partial charge in [0.1, 0.15) is 23.6 Å². The number of rotatable bonds is 9. The smallest absolute Gasteiger partial charge is 0.433 e. The summed E-state index contributed by atoms with van der Waals surface area (Å²) in [5.41, 5.74) is -6.06. The third-order valence-electron chi connectivity index (χ3n) is 11.3. The number of ether oxygens (including phenoxy) is 2. The molecule has 1 aliphatic carbocycles. The Balaban J connectivity index is 1.14. The summed E-state index contributed by atoms with van der Waals surface area (Å²) in [6, 6.07) is 5.24. The number of hydrogen-bond acceptors (Lipinski definition) is 8. The fourth-order valence-electron chi connectivity index (χ4n) is 8.10. The van der Waals surface area contributed by atoms with Crippen molar-refractivity contribution in [2.75, 3.05) is 38.7 Å². The number of amides is 1. The lowest BCUT2D eigenvalue weighted by Gasteiger charge is -2.53. The van der Waals surface area contributed by atoms with E-state index in [9.17, 15) is 41.0 Å². The molecule has 1 spiro atoms. The van der Waals surface area contributed by atoms with Crippen LogP contribution in [0.3, 0.4) is 0 Å². The van der Waals surface area contributed by atoms with Gasteiger partial charge in [-0.3, -0.25) is 24.4 Å². The van der Waals surface area contributed by atoms with Gasteiger partial charge < -0.3 is 19.9 Å². The van der Waals surface area contributed by atoms with Crippen LogP contribution in [0.2, 0.25) is 0 Å². The maximum atomic E-state index is 15.6. The highest BCUT2D eigenvalue weighted by atomic mass is 19.4. The molecule has 3 fully saturated rings. The molecule has 1 aromatic heterocycles. The van der Waals surface area contributed by atoms with Gasteiger partial charge >= 0.3 is 12.4 Å². The number of nitrogens with zero attached hydrogens (tertiary/aromatic N) is 3. The molecule has 3 aromatic rings. The minimum atomic E-state index is -4.94. The number of ketones is 1. The van der Waals surface area contributed by atoms with Crippen molar-refractivity contribution in [2.24, 2.45) is 0 Å². The fraction of sp³-hybridized carbons (Fsp3) is 0.447. The van der Waals surface area contributed by atoms with Crippen molar-refractivity contribution in [3.8, 4) is 16.9 Å². The number of morpholine rings is 1. The largest absolute Gasteiger partial charge is 0.509 e. The van der Waals surface area contributed by atoms with Crippen molar-refractivity contribution in [1.82, 2.24) is 14.8 Å². The summed E-state index contributed by atoms with van der Waals surface area (Å²) >= 11 is 0. The third-order valence-corrected chi connectivity index (χ3v) is 11.3. The fourth-order valence-corrected chi connectivity index (χ4v) is 8.10. The molecule has 0 radical (unpaired) electrons. The molecule has 1 saturated carbocycles. The molecule has 4 aliphatic rings. The molecule has 2 saturated heterocycles. The predicted molar refractivity (Wildman–Crippen MR) is 181 cm³/mol. The summed E-state index contributed by atoms with van der Waals surface area (Å²) in [7, 11) is 1.51. The zero-order chi connectivity index (χ0) is 39.4. The SMILES string of the molecule is CN1C(Cc2ccc(OCCN3C4CCC3COC4)c(F)c2F)C(=O)C(C(=O)Nc2ccc(C(F)(F)F)cc2-c2ccnc(C(F)(F)F)c2)=C(O)C12CCC2. The lowest BCUT2D eigenvalue weighted by Crippen LogP contribution is -2.64. The Morgan fingerprint density at radius 3 is 2.35 bits per heavy atom. The molecule has 3 unspecified atom stereocenters. The van der Waals surface area contributed by atoms with Crippen LogP contribution in [0.4, 0.5) is 40.8 Å². The summed E-state index contributed by atoms with van der Waals surface area (Å²) < 4.78 is 124. The summed E-state index contributed by atoms with van der Waals surface area (Å²) in [6.45, 7) is 1.81. The Morgan fingerprint density at radius 2 is 1.71 bits per heavy atom. The average molecular weight is 781 g/mol. The van der Waals surface area contributed by atoms with Gasteiger partial charge in [-0.15, -0.1) is 0 Å². The van der Waals surface area contributed by atoms with Crippen LogP contribution >= 0.6 is 0 Å². The molecule has 17 heteroatoms. The van der Waals surface area contributed by atoms with Gasteiger partial charge in [-0.2, -0.15) is 30.7 Å². The van der Waals surface area contributed by atoms with Crippen LogP contribution in [0, 0.1) is 11.6 Å². The molecule has 4 heterocycles. The monoisotopic (exact) mass is 780 g/mol. The van der Waals surface area contributed by atoms with Crippen molar-refractivity contribution in [1.29, 1.82) is 0 Å². The molecular weight excluding hydrogens is 744 g/mol. The van der Waals surface area contributed by atoms with E-state index in [4.69, 9.17) is 9.47 Å². The Kier molecular flexibility index (Phi) is 10.2. The topological polar surface area (TPSA) is 104 Å². The summed E-state index contributed by atoms with van der Waals surface area (Å²) in [5.74, 6) is -5.68. The first kappa shape index (κ1) is 38.7. The zero-order valence-corrected chi connectivity index (χ0v) is 29.4. The lowest BCUT2D eigenvalue weighted by atomic mass is 9.68. The number of carbonyl (C=O) groups is 2. The van der Waals surface area contributed by atoms with Gasteiger partial charge in [0.2, 0.25) is 5.82 Å². The number of pyridine rings is 1. The Bertz CT molecular complexity index is 2020. The van der Waals surface area contributed by atoms with E-state index in [1.807, 2.05) is 0 Å². The first-order valence-corrected chi connectivity index (χ1v) is 17.7. The van der Waals surface area contributed by atoms with Gasteiger partial charge in [0.25, 0.3) is 5.91 Å².